The molecule has 2 heterocycles. The molecule has 0 atom stereocenters. The first kappa shape index (κ1) is 27.0. The number of hydrogen-bond acceptors (Lipinski definition) is 8. The SMILES string of the molecule is COc1cc(Cc2cnc(N)nc2N)cc(C#Cc2cc3[nH]cc(C(=O)O)c(=O)c3cc2C(C)(C)C)c1OC. The number of carbonyl (C=O) groups is 1. The Morgan fingerprint density at radius 1 is 1.08 bits per heavy atom. The molecule has 6 N–H and O–H groups in total. The lowest BCUT2D eigenvalue weighted by molar-refractivity contribution is 0.0695. The highest BCUT2D eigenvalue weighted by molar-refractivity contribution is 5.93. The van der Waals surface area contributed by atoms with E-state index in [4.69, 9.17) is 20.9 Å². The summed E-state index contributed by atoms with van der Waals surface area (Å²) in [5, 5.41) is 9.66. The second-order valence-electron chi connectivity index (χ2n) is 9.97. The highest BCUT2D eigenvalue weighted by Crippen LogP contribution is 2.34. The third-order valence-corrected chi connectivity index (χ3v) is 6.24. The van der Waals surface area contributed by atoms with Crippen molar-refractivity contribution in [3.8, 4) is 23.3 Å². The Labute approximate surface area is 225 Å². The van der Waals surface area contributed by atoms with Crippen LogP contribution in [0, 0.1) is 11.8 Å². The number of rotatable bonds is 5. The van der Waals surface area contributed by atoms with Crippen molar-refractivity contribution in [1.29, 1.82) is 0 Å². The van der Waals surface area contributed by atoms with Crippen molar-refractivity contribution in [1.82, 2.24) is 15.0 Å². The molecule has 10 heteroatoms. The first-order valence-electron chi connectivity index (χ1n) is 12.0. The normalized spacial score (nSPS) is 11.1. The Balaban J connectivity index is 1.88. The topological polar surface area (TPSA) is 166 Å². The predicted octanol–water partition coefficient (Wildman–Crippen LogP) is 3.49. The van der Waals surface area contributed by atoms with Gasteiger partial charge in [0, 0.05) is 35.3 Å². The number of H-pyrrole nitrogens is 1. The number of ether oxygens (including phenoxy) is 2. The molecule has 4 aromatic rings. The summed E-state index contributed by atoms with van der Waals surface area (Å²) in [6.45, 7) is 5.99. The first-order chi connectivity index (χ1) is 18.4. The number of nitrogens with two attached hydrogens (primary N) is 2. The maximum atomic E-state index is 12.8. The number of carboxylic acid groups (broad SMARTS) is 1. The average molecular weight is 528 g/mol. The van der Waals surface area contributed by atoms with Crippen molar-refractivity contribution < 1.29 is 19.4 Å². The van der Waals surface area contributed by atoms with Crippen molar-refractivity contribution in [2.45, 2.75) is 32.6 Å². The number of carboxylic acids is 1. The van der Waals surface area contributed by atoms with E-state index in [1.807, 2.05) is 32.9 Å². The van der Waals surface area contributed by atoms with E-state index < -0.39 is 11.4 Å². The van der Waals surface area contributed by atoms with Gasteiger partial charge in [-0.05, 0) is 40.8 Å². The monoisotopic (exact) mass is 527 g/mol. The number of pyridine rings is 1. The lowest BCUT2D eigenvalue weighted by atomic mass is 9.82. The van der Waals surface area contributed by atoms with E-state index in [0.717, 1.165) is 11.1 Å². The summed E-state index contributed by atoms with van der Waals surface area (Å²) >= 11 is 0. The smallest absolute Gasteiger partial charge is 0.341 e. The van der Waals surface area contributed by atoms with Crippen LogP contribution in [0.25, 0.3) is 10.9 Å². The Hall–Kier alpha value is -5.04. The lowest BCUT2D eigenvalue weighted by Crippen LogP contribution is -2.18. The summed E-state index contributed by atoms with van der Waals surface area (Å²) in [4.78, 5) is 35.3. The third kappa shape index (κ3) is 5.48. The summed E-state index contributed by atoms with van der Waals surface area (Å²) < 4.78 is 11.2. The molecular formula is C29H29N5O5. The van der Waals surface area contributed by atoms with Gasteiger partial charge in [-0.3, -0.25) is 4.79 Å². The van der Waals surface area contributed by atoms with Crippen LogP contribution in [0.1, 0.15) is 58.9 Å². The van der Waals surface area contributed by atoms with Gasteiger partial charge in [0.1, 0.15) is 11.4 Å². The molecule has 0 bridgehead atoms. The lowest BCUT2D eigenvalue weighted by Gasteiger charge is -2.21. The van der Waals surface area contributed by atoms with E-state index in [1.54, 1.807) is 25.4 Å². The Morgan fingerprint density at radius 2 is 1.79 bits per heavy atom. The van der Waals surface area contributed by atoms with Crippen LogP contribution < -0.4 is 26.4 Å². The van der Waals surface area contributed by atoms with Crippen molar-refractivity contribution >= 4 is 28.6 Å². The molecule has 0 spiro atoms. The largest absolute Gasteiger partial charge is 0.493 e. The minimum absolute atomic E-state index is 0.0979. The third-order valence-electron chi connectivity index (χ3n) is 6.24. The summed E-state index contributed by atoms with van der Waals surface area (Å²) in [6.07, 6.45) is 3.20. The fraction of sp³-hybridized carbons (Fsp3) is 0.241. The zero-order valence-corrected chi connectivity index (χ0v) is 22.3. The maximum Gasteiger partial charge on any atom is 0.341 e. The number of aromatic carboxylic acids is 1. The molecule has 0 radical (unpaired) electrons. The Morgan fingerprint density at radius 3 is 2.41 bits per heavy atom. The fourth-order valence-corrected chi connectivity index (χ4v) is 4.29. The van der Waals surface area contributed by atoms with Gasteiger partial charge in [-0.25, -0.2) is 9.78 Å². The number of hydrogen-bond donors (Lipinski definition) is 4. The van der Waals surface area contributed by atoms with Gasteiger partial charge in [-0.1, -0.05) is 32.6 Å². The number of methoxy groups -OCH3 is 2. The molecule has 39 heavy (non-hydrogen) atoms. The number of benzene rings is 2. The molecule has 0 unspecified atom stereocenters. The van der Waals surface area contributed by atoms with Crippen LogP contribution >= 0.6 is 0 Å². The molecular weight excluding hydrogens is 498 g/mol. The fourth-order valence-electron chi connectivity index (χ4n) is 4.29. The highest BCUT2D eigenvalue weighted by atomic mass is 16.5. The number of aromatic nitrogens is 3. The summed E-state index contributed by atoms with van der Waals surface area (Å²) in [5.41, 5.74) is 14.5. The first-order valence-corrected chi connectivity index (χ1v) is 12.0. The maximum absolute atomic E-state index is 12.8. The molecule has 2 aromatic carbocycles. The van der Waals surface area contributed by atoms with Gasteiger partial charge >= 0.3 is 5.97 Å². The number of aromatic amines is 1. The van der Waals surface area contributed by atoms with Crippen LogP contribution in [0.5, 0.6) is 11.5 Å². The van der Waals surface area contributed by atoms with Crippen LogP contribution in [-0.2, 0) is 11.8 Å². The molecule has 0 saturated carbocycles. The van der Waals surface area contributed by atoms with E-state index in [9.17, 15) is 14.7 Å². The predicted molar refractivity (Wildman–Crippen MR) is 149 cm³/mol. The Bertz CT molecular complexity index is 1730. The van der Waals surface area contributed by atoms with Crippen molar-refractivity contribution in [2.24, 2.45) is 0 Å². The number of nitrogens with one attached hydrogen (secondary N) is 1. The molecule has 0 aliphatic carbocycles. The summed E-state index contributed by atoms with van der Waals surface area (Å²) in [7, 11) is 3.08. The van der Waals surface area contributed by atoms with Gasteiger partial charge in [-0.15, -0.1) is 0 Å². The van der Waals surface area contributed by atoms with Crippen LogP contribution in [0.15, 0.2) is 41.5 Å². The molecule has 0 saturated heterocycles. The highest BCUT2D eigenvalue weighted by Gasteiger charge is 2.21. The van der Waals surface area contributed by atoms with Crippen LogP contribution in [0.3, 0.4) is 0 Å². The average Bonchev–Trinajstić information content (AvgIpc) is 2.87. The van der Waals surface area contributed by atoms with Crippen LogP contribution in [0.4, 0.5) is 11.8 Å². The van der Waals surface area contributed by atoms with E-state index in [0.29, 0.717) is 40.1 Å². The molecule has 0 amide bonds. The van der Waals surface area contributed by atoms with Crippen molar-refractivity contribution in [3.05, 3.63) is 80.3 Å². The molecule has 200 valence electrons. The molecule has 0 aliphatic rings. The number of nitrogens with zero attached hydrogens (tertiary/aromatic N) is 2. The van der Waals surface area contributed by atoms with Crippen molar-refractivity contribution in [2.75, 3.05) is 25.7 Å². The molecule has 10 nitrogen and oxygen atoms in total. The minimum atomic E-state index is -1.28. The van der Waals surface area contributed by atoms with E-state index in [-0.39, 0.29) is 28.1 Å². The van der Waals surface area contributed by atoms with Gasteiger partial charge < -0.3 is 31.0 Å². The summed E-state index contributed by atoms with van der Waals surface area (Å²) in [6, 6.07) is 7.18. The number of anilines is 2. The summed E-state index contributed by atoms with van der Waals surface area (Å²) in [5.74, 6) is 6.50. The van der Waals surface area contributed by atoms with E-state index in [2.05, 4.69) is 26.8 Å². The number of fused-ring (bicyclic) bond motifs is 1. The van der Waals surface area contributed by atoms with E-state index >= 15 is 0 Å². The number of nitrogen functional groups attached to an aromatic ring is 2. The zero-order chi connectivity index (χ0) is 28.5. The molecule has 0 fully saturated rings. The standard InChI is InChI=1S/C29H29N5O5/c1-29(2,3)21-12-19-22(32-14-20(24(19)35)27(36)37)11-16(21)6-7-17-8-15(10-23(38-4)25(17)39-5)9-18-13-33-28(31)34-26(18)30/h8,10-14H,9H2,1-5H3,(H,32,35)(H,36,37)(H4,30,31,33,34). The quantitative estimate of drug-likeness (QED) is 0.284. The van der Waals surface area contributed by atoms with Gasteiger partial charge in [0.15, 0.2) is 11.5 Å². The zero-order valence-electron chi connectivity index (χ0n) is 22.3. The molecule has 4 rings (SSSR count). The second-order valence-corrected chi connectivity index (χ2v) is 9.97. The molecule has 0 aliphatic heterocycles. The Kier molecular flexibility index (Phi) is 7.19. The van der Waals surface area contributed by atoms with Gasteiger partial charge in [0.05, 0.1) is 25.3 Å². The van der Waals surface area contributed by atoms with Gasteiger partial charge in [0.25, 0.3) is 0 Å². The minimum Gasteiger partial charge on any atom is -0.493 e. The van der Waals surface area contributed by atoms with Crippen LogP contribution in [-0.4, -0.2) is 40.2 Å². The molecule has 2 aromatic heterocycles. The van der Waals surface area contributed by atoms with E-state index in [1.165, 1.54) is 13.3 Å². The van der Waals surface area contributed by atoms with Crippen LogP contribution in [0.2, 0.25) is 0 Å². The second kappa shape index (κ2) is 10.4. The van der Waals surface area contributed by atoms with Gasteiger partial charge in [-0.2, -0.15) is 4.98 Å². The van der Waals surface area contributed by atoms with Crippen molar-refractivity contribution in [3.63, 3.8) is 0 Å². The van der Waals surface area contributed by atoms with Gasteiger partial charge in [0.2, 0.25) is 11.4 Å².